The predicted molar refractivity (Wildman–Crippen MR) is 80.6 cm³/mol. The van der Waals surface area contributed by atoms with Crippen molar-refractivity contribution in [1.82, 2.24) is 10.0 Å². The SMILES string of the molecule is CCNCCNS(=O)(=O)c1ccc(OC)c([N+](=O)[O-])c1.Cl. The first-order valence-electron chi connectivity index (χ1n) is 5.95. The molecule has 8 nitrogen and oxygen atoms in total. The summed E-state index contributed by atoms with van der Waals surface area (Å²) in [4.78, 5) is 10.0. The monoisotopic (exact) mass is 339 g/mol. The molecule has 0 aliphatic carbocycles. The van der Waals surface area contributed by atoms with Crippen molar-refractivity contribution in [3.63, 3.8) is 0 Å². The molecule has 0 amide bonds. The van der Waals surface area contributed by atoms with Crippen molar-refractivity contribution in [3.05, 3.63) is 28.3 Å². The molecule has 0 aliphatic heterocycles. The number of nitro benzene ring substituents is 1. The van der Waals surface area contributed by atoms with Gasteiger partial charge in [-0.2, -0.15) is 0 Å². The molecule has 120 valence electrons. The Hall–Kier alpha value is -1.42. The van der Waals surface area contributed by atoms with Gasteiger partial charge in [0.15, 0.2) is 5.75 Å². The minimum absolute atomic E-state index is 0. The lowest BCUT2D eigenvalue weighted by atomic mass is 10.3. The number of hydrogen-bond acceptors (Lipinski definition) is 6. The van der Waals surface area contributed by atoms with E-state index in [2.05, 4.69) is 10.0 Å². The van der Waals surface area contributed by atoms with Crippen LogP contribution >= 0.6 is 12.4 Å². The van der Waals surface area contributed by atoms with E-state index in [1.807, 2.05) is 6.92 Å². The number of benzene rings is 1. The molecule has 0 atom stereocenters. The maximum Gasteiger partial charge on any atom is 0.312 e. The first kappa shape index (κ1) is 19.6. The quantitative estimate of drug-likeness (QED) is 0.414. The van der Waals surface area contributed by atoms with Crippen molar-refractivity contribution in [2.24, 2.45) is 0 Å². The molecule has 0 saturated carbocycles. The molecule has 0 aliphatic rings. The molecule has 0 radical (unpaired) electrons. The van der Waals surface area contributed by atoms with Gasteiger partial charge in [0, 0.05) is 19.2 Å². The Labute approximate surface area is 129 Å². The standard InChI is InChI=1S/C11H17N3O5S.ClH/c1-3-12-6-7-13-20(17,18)9-4-5-11(19-2)10(8-9)14(15)16;/h4-5,8,12-13H,3,6-7H2,1-2H3;1H. The van der Waals surface area contributed by atoms with Gasteiger partial charge in [0.25, 0.3) is 0 Å². The lowest BCUT2D eigenvalue weighted by Crippen LogP contribution is -2.31. The number of ether oxygens (including phenoxy) is 1. The predicted octanol–water partition coefficient (Wildman–Crippen LogP) is 0.913. The summed E-state index contributed by atoms with van der Waals surface area (Å²) < 4.78 is 31.1. The number of methoxy groups -OCH3 is 1. The fourth-order valence-corrected chi connectivity index (χ4v) is 2.56. The van der Waals surface area contributed by atoms with Crippen LogP contribution in [0.5, 0.6) is 5.75 Å². The summed E-state index contributed by atoms with van der Waals surface area (Å²) >= 11 is 0. The molecule has 0 saturated heterocycles. The van der Waals surface area contributed by atoms with Gasteiger partial charge in [-0.05, 0) is 18.7 Å². The number of nitrogens with one attached hydrogen (secondary N) is 2. The molecule has 1 aromatic rings. The molecular weight excluding hydrogens is 322 g/mol. The van der Waals surface area contributed by atoms with E-state index in [0.29, 0.717) is 6.54 Å². The van der Waals surface area contributed by atoms with E-state index in [1.165, 1.54) is 19.2 Å². The van der Waals surface area contributed by atoms with Crippen molar-refractivity contribution in [2.45, 2.75) is 11.8 Å². The maximum atomic E-state index is 12.0. The van der Waals surface area contributed by atoms with Gasteiger partial charge in [0.2, 0.25) is 10.0 Å². The van der Waals surface area contributed by atoms with Crippen molar-refractivity contribution >= 4 is 28.1 Å². The smallest absolute Gasteiger partial charge is 0.312 e. The lowest BCUT2D eigenvalue weighted by Gasteiger charge is -2.08. The van der Waals surface area contributed by atoms with Gasteiger partial charge in [0.05, 0.1) is 16.9 Å². The highest BCUT2D eigenvalue weighted by molar-refractivity contribution is 7.89. The molecule has 1 rings (SSSR count). The molecule has 0 fully saturated rings. The minimum Gasteiger partial charge on any atom is -0.490 e. The van der Waals surface area contributed by atoms with E-state index in [-0.39, 0.29) is 35.3 Å². The zero-order valence-electron chi connectivity index (χ0n) is 11.7. The Bertz CT molecular complexity index is 579. The third kappa shape index (κ3) is 5.46. The minimum atomic E-state index is -3.77. The van der Waals surface area contributed by atoms with Crippen LogP contribution in [0.4, 0.5) is 5.69 Å². The highest BCUT2D eigenvalue weighted by atomic mass is 35.5. The van der Waals surface area contributed by atoms with E-state index in [9.17, 15) is 18.5 Å². The second kappa shape index (κ2) is 8.78. The molecular formula is C11H18ClN3O5S. The second-order valence-corrected chi connectivity index (χ2v) is 5.61. The van der Waals surface area contributed by atoms with Gasteiger partial charge in [-0.1, -0.05) is 6.92 Å². The van der Waals surface area contributed by atoms with Crippen molar-refractivity contribution in [3.8, 4) is 5.75 Å². The van der Waals surface area contributed by atoms with E-state index in [4.69, 9.17) is 4.74 Å². The average Bonchev–Trinajstić information content (AvgIpc) is 2.42. The average molecular weight is 340 g/mol. The fraction of sp³-hybridized carbons (Fsp3) is 0.455. The number of likely N-dealkylation sites (N-methyl/N-ethyl adjacent to an activating group) is 1. The molecule has 2 N–H and O–H groups in total. The summed E-state index contributed by atoms with van der Waals surface area (Å²) in [6, 6.07) is 3.51. The van der Waals surface area contributed by atoms with Crippen LogP contribution in [0.1, 0.15) is 6.92 Å². The topological polar surface area (TPSA) is 111 Å². The molecule has 0 aromatic heterocycles. The van der Waals surface area contributed by atoms with Crippen molar-refractivity contribution in [1.29, 1.82) is 0 Å². The molecule has 21 heavy (non-hydrogen) atoms. The lowest BCUT2D eigenvalue weighted by molar-refractivity contribution is -0.386. The Morgan fingerprint density at radius 2 is 2.00 bits per heavy atom. The van der Waals surface area contributed by atoms with Gasteiger partial charge >= 0.3 is 5.69 Å². The van der Waals surface area contributed by atoms with Gasteiger partial charge in [-0.15, -0.1) is 12.4 Å². The van der Waals surface area contributed by atoms with Crippen LogP contribution in [0.15, 0.2) is 23.1 Å². The van der Waals surface area contributed by atoms with Crippen LogP contribution in [0.25, 0.3) is 0 Å². The largest absolute Gasteiger partial charge is 0.490 e. The van der Waals surface area contributed by atoms with E-state index < -0.39 is 14.9 Å². The van der Waals surface area contributed by atoms with Gasteiger partial charge in [0.1, 0.15) is 0 Å². The van der Waals surface area contributed by atoms with Crippen molar-refractivity contribution < 1.29 is 18.1 Å². The third-order valence-electron chi connectivity index (χ3n) is 2.50. The van der Waals surface area contributed by atoms with Crippen LogP contribution < -0.4 is 14.8 Å². The number of sulfonamides is 1. The van der Waals surface area contributed by atoms with Gasteiger partial charge in [-0.25, -0.2) is 13.1 Å². The third-order valence-corrected chi connectivity index (χ3v) is 3.96. The van der Waals surface area contributed by atoms with E-state index in [1.54, 1.807) is 0 Å². The second-order valence-electron chi connectivity index (χ2n) is 3.84. The molecule has 1 aromatic carbocycles. The van der Waals surface area contributed by atoms with Gasteiger partial charge < -0.3 is 10.1 Å². The van der Waals surface area contributed by atoms with Crippen LogP contribution in [0.2, 0.25) is 0 Å². The number of rotatable bonds is 8. The van der Waals surface area contributed by atoms with Crippen LogP contribution in [0, 0.1) is 10.1 Å². The van der Waals surface area contributed by atoms with Crippen LogP contribution in [-0.2, 0) is 10.0 Å². The summed E-state index contributed by atoms with van der Waals surface area (Å²) in [5, 5.41) is 13.8. The Kier molecular flexibility index (Phi) is 8.18. The van der Waals surface area contributed by atoms with E-state index in [0.717, 1.165) is 12.6 Å². The van der Waals surface area contributed by atoms with E-state index >= 15 is 0 Å². The normalized spacial score (nSPS) is 10.8. The summed E-state index contributed by atoms with van der Waals surface area (Å²) in [7, 11) is -2.49. The number of halogens is 1. The zero-order valence-corrected chi connectivity index (χ0v) is 13.3. The summed E-state index contributed by atoms with van der Waals surface area (Å²) in [6.45, 7) is 3.32. The van der Waals surface area contributed by atoms with Crippen LogP contribution in [0.3, 0.4) is 0 Å². The number of nitro groups is 1. The highest BCUT2D eigenvalue weighted by Gasteiger charge is 2.21. The highest BCUT2D eigenvalue weighted by Crippen LogP contribution is 2.29. The number of nitrogens with zero attached hydrogens (tertiary/aromatic N) is 1. The van der Waals surface area contributed by atoms with Gasteiger partial charge in [-0.3, -0.25) is 10.1 Å². The maximum absolute atomic E-state index is 12.0. The molecule has 0 unspecified atom stereocenters. The summed E-state index contributed by atoms with van der Waals surface area (Å²) in [6.07, 6.45) is 0. The van der Waals surface area contributed by atoms with Crippen molar-refractivity contribution in [2.75, 3.05) is 26.7 Å². The Balaban J connectivity index is 0.00000400. The molecule has 10 heteroatoms. The molecule has 0 spiro atoms. The molecule has 0 heterocycles. The first-order valence-corrected chi connectivity index (χ1v) is 7.43. The summed E-state index contributed by atoms with van der Waals surface area (Å²) in [5.41, 5.74) is -0.387. The van der Waals surface area contributed by atoms with Crippen LogP contribution in [-0.4, -0.2) is 40.1 Å². The number of hydrogen-bond donors (Lipinski definition) is 2. The summed E-state index contributed by atoms with van der Waals surface area (Å²) in [5.74, 6) is 0.0154. The fourth-order valence-electron chi connectivity index (χ4n) is 1.51. The Morgan fingerprint density at radius 3 is 2.52 bits per heavy atom. The molecule has 0 bridgehead atoms. The first-order chi connectivity index (χ1) is 9.42. The Morgan fingerprint density at radius 1 is 1.33 bits per heavy atom. The zero-order chi connectivity index (χ0) is 15.2.